The average molecular weight is 593 g/mol. The van der Waals surface area contributed by atoms with E-state index in [1.807, 2.05) is 0 Å². The van der Waals surface area contributed by atoms with Crippen LogP contribution in [0.25, 0.3) is 22.3 Å². The van der Waals surface area contributed by atoms with Gasteiger partial charge in [-0.2, -0.15) is 0 Å². The molecular formula is C27H28O15. The molecule has 0 aliphatic carbocycles. The topological polar surface area (TPSA) is 265 Å². The molecular weight excluding hydrogens is 564 g/mol. The van der Waals surface area contributed by atoms with Crippen molar-refractivity contribution in [2.75, 3.05) is 6.61 Å². The summed E-state index contributed by atoms with van der Waals surface area (Å²) in [6, 6.07) is 5.23. The zero-order valence-electron chi connectivity index (χ0n) is 21.9. The maximum absolute atomic E-state index is 13.0. The summed E-state index contributed by atoms with van der Waals surface area (Å²) in [6.07, 6.45) is -10.5. The summed E-state index contributed by atoms with van der Waals surface area (Å²) in [5.74, 6) is -5.08. The summed E-state index contributed by atoms with van der Waals surface area (Å²) in [5, 5.41) is 90.9. The molecule has 1 aliphatic heterocycles. The van der Waals surface area contributed by atoms with Gasteiger partial charge in [-0.15, -0.1) is 0 Å². The van der Waals surface area contributed by atoms with E-state index in [2.05, 4.69) is 0 Å². The van der Waals surface area contributed by atoms with Crippen molar-refractivity contribution in [3.05, 3.63) is 46.1 Å². The Morgan fingerprint density at radius 1 is 0.905 bits per heavy atom. The molecule has 1 fully saturated rings. The van der Waals surface area contributed by atoms with Gasteiger partial charge in [0.25, 0.3) is 0 Å². The predicted octanol–water partition coefficient (Wildman–Crippen LogP) is -0.0360. The molecule has 0 amide bonds. The van der Waals surface area contributed by atoms with Crippen molar-refractivity contribution in [1.29, 1.82) is 0 Å². The summed E-state index contributed by atoms with van der Waals surface area (Å²) in [7, 11) is 0. The maximum atomic E-state index is 13.0. The van der Waals surface area contributed by atoms with Gasteiger partial charge in [0, 0.05) is 17.7 Å². The highest BCUT2D eigenvalue weighted by Crippen LogP contribution is 2.44. The normalized spacial score (nSPS) is 23.8. The molecule has 0 spiro atoms. The van der Waals surface area contributed by atoms with E-state index in [-0.39, 0.29) is 11.3 Å². The lowest BCUT2D eigenvalue weighted by atomic mass is 9.89. The zero-order chi connectivity index (χ0) is 31.1. The molecule has 0 bridgehead atoms. The van der Waals surface area contributed by atoms with Gasteiger partial charge in [0.1, 0.15) is 59.8 Å². The molecule has 226 valence electrons. The highest BCUT2D eigenvalue weighted by atomic mass is 16.6. The van der Waals surface area contributed by atoms with Crippen LogP contribution < -0.4 is 5.43 Å². The fraction of sp³-hybridized carbons (Fsp3) is 0.370. The molecule has 6 atom stereocenters. The number of carboxylic acid groups (broad SMARTS) is 1. The zero-order valence-corrected chi connectivity index (χ0v) is 21.9. The molecule has 15 heteroatoms. The lowest BCUT2D eigenvalue weighted by Gasteiger charge is -2.40. The molecule has 0 saturated carbocycles. The van der Waals surface area contributed by atoms with Crippen LogP contribution in [0.5, 0.6) is 23.0 Å². The molecule has 42 heavy (non-hydrogen) atoms. The molecule has 9 N–H and O–H groups in total. The number of ether oxygens (including phenoxy) is 2. The number of phenols is 4. The molecule has 6 unspecified atom stereocenters. The van der Waals surface area contributed by atoms with E-state index >= 15 is 0 Å². The van der Waals surface area contributed by atoms with Gasteiger partial charge in [-0.05, 0) is 25.1 Å². The van der Waals surface area contributed by atoms with Crippen LogP contribution in [0.1, 0.15) is 31.4 Å². The third kappa shape index (κ3) is 6.09. The van der Waals surface area contributed by atoms with Gasteiger partial charge in [-0.3, -0.25) is 14.4 Å². The first kappa shape index (κ1) is 30.5. The summed E-state index contributed by atoms with van der Waals surface area (Å²) >= 11 is 0. The molecule has 1 saturated heterocycles. The summed E-state index contributed by atoms with van der Waals surface area (Å²) < 4.78 is 16.5. The Balaban J connectivity index is 1.71. The van der Waals surface area contributed by atoms with Crippen LogP contribution >= 0.6 is 0 Å². The van der Waals surface area contributed by atoms with Gasteiger partial charge < -0.3 is 59.8 Å². The average Bonchev–Trinajstić information content (AvgIpc) is 2.87. The maximum Gasteiger partial charge on any atom is 0.308 e. The largest absolute Gasteiger partial charge is 0.507 e. The quantitative estimate of drug-likeness (QED) is 0.123. The van der Waals surface area contributed by atoms with Gasteiger partial charge in [0.15, 0.2) is 22.5 Å². The number of hydrogen-bond acceptors (Lipinski definition) is 14. The minimum atomic E-state index is -1.95. The van der Waals surface area contributed by atoms with Crippen molar-refractivity contribution < 1.29 is 69.4 Å². The number of carbonyl (C=O) groups is 2. The van der Waals surface area contributed by atoms with Crippen molar-refractivity contribution >= 4 is 22.9 Å². The second kappa shape index (κ2) is 11.5. The van der Waals surface area contributed by atoms with E-state index in [0.29, 0.717) is 0 Å². The molecule has 1 aromatic heterocycles. The van der Waals surface area contributed by atoms with Crippen LogP contribution in [0.15, 0.2) is 39.5 Å². The Morgan fingerprint density at radius 2 is 1.60 bits per heavy atom. The fourth-order valence-electron chi connectivity index (χ4n) is 4.67. The van der Waals surface area contributed by atoms with Crippen LogP contribution in [-0.2, 0) is 19.1 Å². The highest BCUT2D eigenvalue weighted by Gasteiger charge is 2.47. The third-order valence-corrected chi connectivity index (χ3v) is 6.72. The SMILES string of the molecule is CC(O)(CC(=O)O)CC(=O)OCC1OC(c2c(O)cc(O)c3c(=O)cc(-c4ccc(O)c(O)c4)oc23)C(O)C(O)C1O. The van der Waals surface area contributed by atoms with Gasteiger partial charge >= 0.3 is 11.9 Å². The van der Waals surface area contributed by atoms with E-state index in [9.17, 15) is 55.2 Å². The Hall–Kier alpha value is -4.41. The molecule has 0 radical (unpaired) electrons. The van der Waals surface area contributed by atoms with Crippen molar-refractivity contribution in [3.8, 4) is 34.3 Å². The second-order valence-electron chi connectivity index (χ2n) is 10.2. The molecule has 2 aromatic carbocycles. The number of hydrogen-bond donors (Lipinski definition) is 9. The number of aromatic hydroxyl groups is 4. The van der Waals surface area contributed by atoms with Crippen LogP contribution in [0.4, 0.5) is 0 Å². The summed E-state index contributed by atoms with van der Waals surface area (Å²) in [6.45, 7) is 0.354. The van der Waals surface area contributed by atoms with Crippen LogP contribution in [0, 0.1) is 0 Å². The van der Waals surface area contributed by atoms with E-state index in [0.717, 1.165) is 31.2 Å². The summed E-state index contributed by atoms with van der Waals surface area (Å²) in [5.41, 5.74) is -3.59. The first-order valence-corrected chi connectivity index (χ1v) is 12.4. The van der Waals surface area contributed by atoms with Crippen LogP contribution in [-0.4, -0.2) is 94.5 Å². The van der Waals surface area contributed by atoms with Crippen molar-refractivity contribution in [3.63, 3.8) is 0 Å². The fourth-order valence-corrected chi connectivity index (χ4v) is 4.67. The van der Waals surface area contributed by atoms with E-state index in [1.54, 1.807) is 0 Å². The van der Waals surface area contributed by atoms with Gasteiger partial charge in [0.05, 0.1) is 24.0 Å². The lowest BCUT2D eigenvalue weighted by Crippen LogP contribution is -2.55. The van der Waals surface area contributed by atoms with E-state index < -0.39 is 112 Å². The molecule has 3 aromatic rings. The number of aliphatic hydroxyl groups excluding tert-OH is 3. The predicted molar refractivity (Wildman–Crippen MR) is 139 cm³/mol. The Bertz CT molecular complexity index is 1580. The number of carbonyl (C=O) groups excluding carboxylic acids is 1. The van der Waals surface area contributed by atoms with E-state index in [1.165, 1.54) is 6.07 Å². The Kier molecular flexibility index (Phi) is 8.34. The smallest absolute Gasteiger partial charge is 0.308 e. The third-order valence-electron chi connectivity index (χ3n) is 6.72. The number of aliphatic hydroxyl groups is 4. The van der Waals surface area contributed by atoms with Gasteiger partial charge in [-0.1, -0.05) is 0 Å². The van der Waals surface area contributed by atoms with Crippen molar-refractivity contribution in [2.45, 2.75) is 55.9 Å². The number of phenolic OH excluding ortho intramolecular Hbond substituents is 4. The van der Waals surface area contributed by atoms with Gasteiger partial charge in [0.2, 0.25) is 0 Å². The number of carboxylic acids is 1. The molecule has 15 nitrogen and oxygen atoms in total. The number of rotatable bonds is 8. The van der Waals surface area contributed by atoms with Crippen LogP contribution in [0.3, 0.4) is 0 Å². The van der Waals surface area contributed by atoms with E-state index in [4.69, 9.17) is 19.0 Å². The monoisotopic (exact) mass is 592 g/mol. The summed E-state index contributed by atoms with van der Waals surface area (Å²) in [4.78, 5) is 36.1. The highest BCUT2D eigenvalue weighted by molar-refractivity contribution is 5.89. The molecule has 1 aliphatic rings. The minimum absolute atomic E-state index is 0.0993. The number of aliphatic carboxylic acids is 1. The first-order valence-electron chi connectivity index (χ1n) is 12.4. The number of esters is 1. The Labute approximate surface area is 235 Å². The van der Waals surface area contributed by atoms with Crippen molar-refractivity contribution in [2.24, 2.45) is 0 Å². The molecule has 4 rings (SSSR count). The second-order valence-corrected chi connectivity index (χ2v) is 10.2. The van der Waals surface area contributed by atoms with Crippen molar-refractivity contribution in [1.82, 2.24) is 0 Å². The number of benzene rings is 2. The Morgan fingerprint density at radius 3 is 2.24 bits per heavy atom. The van der Waals surface area contributed by atoms with Crippen LogP contribution in [0.2, 0.25) is 0 Å². The lowest BCUT2D eigenvalue weighted by molar-refractivity contribution is -0.235. The molecule has 2 heterocycles. The number of fused-ring (bicyclic) bond motifs is 1. The van der Waals surface area contributed by atoms with Gasteiger partial charge in [-0.25, -0.2) is 0 Å². The first-order chi connectivity index (χ1) is 19.6. The minimum Gasteiger partial charge on any atom is -0.507 e. The standard InChI is InChI=1S/C27H28O15/c1-27(39,7-18(33)34)8-19(35)40-9-17-22(36)23(37)24(38)26(42-17)21-14(31)5-13(30)20-15(32)6-16(41-25(20)21)10-2-3-11(28)12(29)4-10/h2-6,17,22-24,26,28-31,36-39H,7-9H2,1H3,(H,33,34).